The van der Waals surface area contributed by atoms with Crippen LogP contribution in [0.25, 0.3) is 6.08 Å². The van der Waals surface area contributed by atoms with E-state index in [0.29, 0.717) is 5.69 Å². The molecule has 0 unspecified atom stereocenters. The zero-order valence-electron chi connectivity index (χ0n) is 23.1. The van der Waals surface area contributed by atoms with Gasteiger partial charge in [-0.2, -0.15) is 0 Å². The van der Waals surface area contributed by atoms with E-state index in [2.05, 4.69) is 4.99 Å². The molecule has 2 aromatic rings. The Morgan fingerprint density at radius 1 is 0.905 bits per heavy atom. The maximum Gasteiger partial charge on any atom is 0.303 e. The van der Waals surface area contributed by atoms with Gasteiger partial charge in [0.2, 0.25) is 0 Å². The molecule has 1 aromatic heterocycles. The number of ether oxygens (including phenoxy) is 5. The van der Waals surface area contributed by atoms with E-state index >= 15 is 0 Å². The highest BCUT2D eigenvalue weighted by molar-refractivity contribution is 8.14. The number of thioether (sulfide) groups is 1. The van der Waals surface area contributed by atoms with Gasteiger partial charge >= 0.3 is 23.9 Å². The van der Waals surface area contributed by atoms with Gasteiger partial charge in [0.15, 0.2) is 28.9 Å². The highest BCUT2D eigenvalue weighted by Gasteiger charge is 2.53. The topological polar surface area (TPSA) is 147 Å². The molecule has 0 N–H and O–H groups in total. The summed E-state index contributed by atoms with van der Waals surface area (Å²) < 4.78 is 27.9. The van der Waals surface area contributed by atoms with Gasteiger partial charge < -0.3 is 23.7 Å². The molecule has 14 heteroatoms. The van der Waals surface area contributed by atoms with Gasteiger partial charge in [-0.3, -0.25) is 28.9 Å². The number of anilines is 1. The minimum absolute atomic E-state index is 0.162. The standard InChI is InChI=1S/C28H28N2O10S2/c1-15(31)36-14-22-23(37-16(2)32)24(38-17(3)33)25(39-18(4)34)27(40-22)42-28-29-21(13-20-11-8-12-41-20)26(35)30(28)19-9-6-5-7-10-19/h5-13,22-25,27H,14H2,1-4H3/b21-13-/t22-,23+,24+,25+,27-/m0/s1. The van der Waals surface area contributed by atoms with Crippen LogP contribution in [0.5, 0.6) is 0 Å². The number of nitrogens with zero attached hydrogens (tertiary/aromatic N) is 2. The van der Waals surface area contributed by atoms with Crippen LogP contribution in [0.1, 0.15) is 32.6 Å². The Morgan fingerprint density at radius 3 is 2.14 bits per heavy atom. The van der Waals surface area contributed by atoms with E-state index in [1.807, 2.05) is 17.5 Å². The van der Waals surface area contributed by atoms with Crippen LogP contribution in [-0.4, -0.2) is 71.4 Å². The molecule has 0 radical (unpaired) electrons. The van der Waals surface area contributed by atoms with Gasteiger partial charge in [-0.1, -0.05) is 36.0 Å². The van der Waals surface area contributed by atoms with E-state index in [1.54, 1.807) is 36.4 Å². The molecule has 1 saturated heterocycles. The summed E-state index contributed by atoms with van der Waals surface area (Å²) in [7, 11) is 0. The third-order valence-electron chi connectivity index (χ3n) is 5.84. The van der Waals surface area contributed by atoms with E-state index < -0.39 is 59.6 Å². The summed E-state index contributed by atoms with van der Waals surface area (Å²) >= 11 is 2.37. The Bertz CT molecular complexity index is 1390. The van der Waals surface area contributed by atoms with Crippen molar-refractivity contribution in [2.24, 2.45) is 4.99 Å². The zero-order valence-corrected chi connectivity index (χ0v) is 24.7. The maximum atomic E-state index is 13.6. The second-order valence-corrected chi connectivity index (χ2v) is 11.1. The van der Waals surface area contributed by atoms with E-state index in [9.17, 15) is 24.0 Å². The van der Waals surface area contributed by atoms with Crippen LogP contribution in [0.3, 0.4) is 0 Å². The van der Waals surface area contributed by atoms with E-state index in [-0.39, 0.29) is 17.5 Å². The highest BCUT2D eigenvalue weighted by Crippen LogP contribution is 2.38. The summed E-state index contributed by atoms with van der Waals surface area (Å²) in [5.41, 5.74) is -0.465. The average molecular weight is 617 g/mol. The molecule has 222 valence electrons. The van der Waals surface area contributed by atoms with Gasteiger partial charge in [0.05, 0.1) is 5.69 Å². The van der Waals surface area contributed by atoms with Gasteiger partial charge in [0.25, 0.3) is 5.91 Å². The van der Waals surface area contributed by atoms with Gasteiger partial charge in [0.1, 0.15) is 18.4 Å². The minimum atomic E-state index is -1.34. The molecule has 0 spiro atoms. The van der Waals surface area contributed by atoms with Crippen LogP contribution >= 0.6 is 23.1 Å². The monoisotopic (exact) mass is 616 g/mol. The third-order valence-corrected chi connectivity index (χ3v) is 7.75. The van der Waals surface area contributed by atoms with E-state index in [4.69, 9.17) is 23.7 Å². The lowest BCUT2D eigenvalue weighted by Gasteiger charge is -2.44. The number of aliphatic imine (C=N–C) groups is 1. The van der Waals surface area contributed by atoms with Crippen molar-refractivity contribution in [2.75, 3.05) is 11.5 Å². The van der Waals surface area contributed by atoms with E-state index in [1.165, 1.54) is 23.2 Å². The largest absolute Gasteiger partial charge is 0.463 e. The number of carbonyl (C=O) groups excluding carboxylic acids is 5. The van der Waals surface area contributed by atoms with Crippen molar-refractivity contribution < 1.29 is 47.7 Å². The van der Waals surface area contributed by atoms with Crippen molar-refractivity contribution in [1.82, 2.24) is 0 Å². The van der Waals surface area contributed by atoms with Crippen molar-refractivity contribution >= 4 is 69.8 Å². The Balaban J connectivity index is 1.77. The normalized spacial score (nSPS) is 24.6. The van der Waals surface area contributed by atoms with Crippen LogP contribution < -0.4 is 4.90 Å². The predicted molar refractivity (Wildman–Crippen MR) is 153 cm³/mol. The molecular weight excluding hydrogens is 588 g/mol. The quantitative estimate of drug-likeness (QED) is 0.244. The van der Waals surface area contributed by atoms with Crippen LogP contribution in [-0.2, 0) is 47.7 Å². The van der Waals surface area contributed by atoms with Gasteiger partial charge in [0, 0.05) is 32.6 Å². The molecule has 2 aliphatic heterocycles. The number of hydrogen-bond acceptors (Lipinski definition) is 13. The SMILES string of the molecule is CC(=O)OC[C@@H]1O[C@@H](SC2=N/C(=C\c3cccs3)C(=O)N2c2ccccc2)[C@H](OC(C)=O)[C@H](OC(C)=O)[C@@H]1OC(C)=O. The number of amidine groups is 1. The summed E-state index contributed by atoms with van der Waals surface area (Å²) in [6, 6.07) is 12.5. The fraction of sp³-hybridized carbons (Fsp3) is 0.357. The number of amides is 1. The number of para-hydroxylation sites is 1. The fourth-order valence-electron chi connectivity index (χ4n) is 4.28. The number of benzene rings is 1. The van der Waals surface area contributed by atoms with Gasteiger partial charge in [-0.15, -0.1) is 11.3 Å². The molecule has 0 bridgehead atoms. The van der Waals surface area contributed by atoms with E-state index in [0.717, 1.165) is 37.4 Å². The first-order valence-corrected chi connectivity index (χ1v) is 14.5. The van der Waals surface area contributed by atoms with Crippen LogP contribution in [0.2, 0.25) is 0 Å². The minimum Gasteiger partial charge on any atom is -0.463 e. The lowest BCUT2D eigenvalue weighted by Crippen LogP contribution is -2.61. The summed E-state index contributed by atoms with van der Waals surface area (Å²) in [6.07, 6.45) is -3.42. The first kappa shape index (κ1) is 30.9. The van der Waals surface area contributed by atoms with Crippen LogP contribution in [0.4, 0.5) is 5.69 Å². The van der Waals surface area contributed by atoms with Crippen molar-refractivity contribution in [3.8, 4) is 0 Å². The third kappa shape index (κ3) is 7.63. The number of thiophene rings is 1. The van der Waals surface area contributed by atoms with Gasteiger partial charge in [-0.05, 0) is 29.7 Å². The molecule has 5 atom stereocenters. The second-order valence-electron chi connectivity index (χ2n) is 9.10. The lowest BCUT2D eigenvalue weighted by atomic mass is 9.99. The van der Waals surface area contributed by atoms with Crippen molar-refractivity contribution in [3.63, 3.8) is 0 Å². The second kappa shape index (κ2) is 13.8. The summed E-state index contributed by atoms with van der Waals surface area (Å²) in [6.45, 7) is 4.28. The van der Waals surface area contributed by atoms with Crippen LogP contribution in [0.15, 0.2) is 58.5 Å². The molecular formula is C28H28N2O10S2. The molecule has 12 nitrogen and oxygen atoms in total. The summed E-state index contributed by atoms with van der Waals surface area (Å²) in [5, 5.41) is 2.06. The molecule has 1 amide bonds. The van der Waals surface area contributed by atoms with Crippen molar-refractivity contribution in [3.05, 3.63) is 58.4 Å². The van der Waals surface area contributed by atoms with Crippen LogP contribution in [0, 0.1) is 0 Å². The molecule has 3 heterocycles. The molecule has 0 saturated carbocycles. The highest BCUT2D eigenvalue weighted by atomic mass is 32.2. The number of carbonyl (C=O) groups is 5. The van der Waals surface area contributed by atoms with Crippen molar-refractivity contribution in [1.29, 1.82) is 0 Å². The molecule has 1 fully saturated rings. The Hall–Kier alpha value is -4.01. The molecule has 4 rings (SSSR count). The number of hydrogen-bond donors (Lipinski definition) is 0. The molecule has 42 heavy (non-hydrogen) atoms. The fourth-order valence-corrected chi connectivity index (χ4v) is 6.12. The smallest absolute Gasteiger partial charge is 0.303 e. The number of esters is 4. The number of rotatable bonds is 8. The predicted octanol–water partition coefficient (Wildman–Crippen LogP) is 3.31. The molecule has 1 aromatic carbocycles. The summed E-state index contributed by atoms with van der Waals surface area (Å²) in [4.78, 5) is 68.4. The summed E-state index contributed by atoms with van der Waals surface area (Å²) in [5.74, 6) is -3.23. The Morgan fingerprint density at radius 2 is 1.55 bits per heavy atom. The first-order chi connectivity index (χ1) is 20.0. The van der Waals surface area contributed by atoms with Crippen molar-refractivity contribution in [2.45, 2.75) is 57.5 Å². The molecule has 2 aliphatic rings. The Labute approximate surface area is 249 Å². The Kier molecular flexibility index (Phi) is 10.1. The first-order valence-electron chi connectivity index (χ1n) is 12.7. The zero-order chi connectivity index (χ0) is 30.4. The average Bonchev–Trinajstić information content (AvgIpc) is 3.54. The van der Waals surface area contributed by atoms with Gasteiger partial charge in [-0.25, -0.2) is 4.99 Å². The lowest BCUT2D eigenvalue weighted by molar-refractivity contribution is -0.237. The molecule has 0 aliphatic carbocycles. The maximum absolute atomic E-state index is 13.6.